The van der Waals surface area contributed by atoms with Crippen LogP contribution < -0.4 is 10.1 Å². The smallest absolute Gasteiger partial charge is 0.422 e. The SMILES string of the molecule is O=C(Oc1ccc(-c2ccc(F)cc2F)cc1C(=O)Nc1ccc([N+](=O)[O-])c(C(F)(F)F)c1)c1cc(F)c(Cl)cc1Cl. The average molecular weight is 629 g/mol. The van der Waals surface area contributed by atoms with Crippen LogP contribution in [0.15, 0.2) is 66.7 Å². The number of esters is 1. The molecule has 4 rings (SSSR count). The zero-order valence-electron chi connectivity index (χ0n) is 20.4. The van der Waals surface area contributed by atoms with Crippen LogP contribution in [-0.4, -0.2) is 16.8 Å². The van der Waals surface area contributed by atoms with Gasteiger partial charge >= 0.3 is 12.1 Å². The number of nitro groups is 1. The minimum Gasteiger partial charge on any atom is -0.422 e. The number of ether oxygens (including phenoxy) is 1. The van der Waals surface area contributed by atoms with E-state index < -0.39 is 79.3 Å². The van der Waals surface area contributed by atoms with Gasteiger partial charge in [0.1, 0.15) is 28.8 Å². The molecule has 4 aromatic carbocycles. The molecule has 0 saturated carbocycles. The molecular formula is C27H12Cl2F6N2O5. The fourth-order valence-electron chi connectivity index (χ4n) is 3.72. The van der Waals surface area contributed by atoms with Gasteiger partial charge in [-0.05, 0) is 54.1 Å². The summed E-state index contributed by atoms with van der Waals surface area (Å²) in [5, 5.41) is 12.4. The van der Waals surface area contributed by atoms with Gasteiger partial charge in [0.05, 0.1) is 26.1 Å². The molecule has 0 unspecified atom stereocenters. The van der Waals surface area contributed by atoms with Gasteiger partial charge in [-0.25, -0.2) is 18.0 Å². The highest BCUT2D eigenvalue weighted by Gasteiger charge is 2.38. The molecular weight excluding hydrogens is 617 g/mol. The lowest BCUT2D eigenvalue weighted by molar-refractivity contribution is -0.388. The Bertz CT molecular complexity index is 1760. The standard InChI is InChI=1S/C27H12Cl2F6N2O5/c28-19-11-20(29)22(32)10-16(19)26(39)42-24-6-1-12(15-4-2-13(30)8-21(15)31)7-17(24)25(38)36-14-3-5-23(37(40)41)18(9-14)27(33,34)35/h1-11H,(H,36,38). The zero-order chi connectivity index (χ0) is 30.9. The number of hydrogen-bond donors (Lipinski definition) is 1. The summed E-state index contributed by atoms with van der Waals surface area (Å²) in [6.45, 7) is 0. The number of rotatable bonds is 6. The second-order valence-electron chi connectivity index (χ2n) is 8.41. The van der Waals surface area contributed by atoms with Gasteiger partial charge in [0.25, 0.3) is 11.6 Å². The minimum absolute atomic E-state index is 0.0345. The third-order valence-electron chi connectivity index (χ3n) is 5.66. The van der Waals surface area contributed by atoms with E-state index in [0.29, 0.717) is 24.3 Å². The van der Waals surface area contributed by atoms with Crippen molar-refractivity contribution in [1.29, 1.82) is 0 Å². The van der Waals surface area contributed by atoms with E-state index in [1.807, 2.05) is 0 Å². The molecule has 1 N–H and O–H groups in total. The number of nitrogens with one attached hydrogen (secondary N) is 1. The largest absolute Gasteiger partial charge is 0.423 e. The Hall–Kier alpha value is -4.62. The Morgan fingerprint density at radius 1 is 0.833 bits per heavy atom. The maximum atomic E-state index is 14.5. The van der Waals surface area contributed by atoms with Crippen LogP contribution in [0.1, 0.15) is 26.3 Å². The molecule has 4 aromatic rings. The molecule has 0 radical (unpaired) electrons. The number of hydrogen-bond acceptors (Lipinski definition) is 5. The molecule has 1 amide bonds. The average Bonchev–Trinajstić information content (AvgIpc) is 2.90. The van der Waals surface area contributed by atoms with Crippen LogP contribution in [0.3, 0.4) is 0 Å². The van der Waals surface area contributed by atoms with Crippen molar-refractivity contribution in [3.63, 3.8) is 0 Å². The summed E-state index contributed by atoms with van der Waals surface area (Å²) in [4.78, 5) is 35.8. The number of carbonyl (C=O) groups excluding carboxylic acids is 2. The molecule has 15 heteroatoms. The van der Waals surface area contributed by atoms with Crippen LogP contribution in [0.2, 0.25) is 10.0 Å². The fraction of sp³-hybridized carbons (Fsp3) is 0.0370. The molecule has 0 aromatic heterocycles. The summed E-state index contributed by atoms with van der Waals surface area (Å²) >= 11 is 11.6. The highest BCUT2D eigenvalue weighted by molar-refractivity contribution is 6.36. The molecule has 7 nitrogen and oxygen atoms in total. The Balaban J connectivity index is 1.78. The molecule has 216 valence electrons. The first-order chi connectivity index (χ1) is 19.6. The van der Waals surface area contributed by atoms with E-state index in [9.17, 15) is 46.0 Å². The Morgan fingerprint density at radius 2 is 1.55 bits per heavy atom. The van der Waals surface area contributed by atoms with Crippen LogP contribution in [0, 0.1) is 27.6 Å². The van der Waals surface area contributed by atoms with Gasteiger partial charge in [-0.3, -0.25) is 14.9 Å². The van der Waals surface area contributed by atoms with Crippen molar-refractivity contribution in [2.24, 2.45) is 0 Å². The number of nitrogens with zero attached hydrogens (tertiary/aromatic N) is 1. The number of alkyl halides is 3. The molecule has 0 fully saturated rings. The topological polar surface area (TPSA) is 98.5 Å². The maximum absolute atomic E-state index is 14.5. The van der Waals surface area contributed by atoms with Crippen LogP contribution in [-0.2, 0) is 6.18 Å². The van der Waals surface area contributed by atoms with Gasteiger partial charge in [-0.15, -0.1) is 0 Å². The number of amides is 1. The molecule has 0 aliphatic heterocycles. The molecule has 0 bridgehead atoms. The van der Waals surface area contributed by atoms with E-state index in [2.05, 4.69) is 5.32 Å². The monoisotopic (exact) mass is 628 g/mol. The summed E-state index contributed by atoms with van der Waals surface area (Å²) in [5.41, 5.74) is -4.72. The van der Waals surface area contributed by atoms with Gasteiger partial charge in [-0.1, -0.05) is 29.3 Å². The summed E-state index contributed by atoms with van der Waals surface area (Å²) < 4.78 is 87.4. The first-order valence-corrected chi connectivity index (χ1v) is 12.0. The minimum atomic E-state index is -5.16. The van der Waals surface area contributed by atoms with Crippen molar-refractivity contribution in [3.8, 4) is 16.9 Å². The van der Waals surface area contributed by atoms with Crippen molar-refractivity contribution in [2.45, 2.75) is 6.18 Å². The molecule has 0 aliphatic carbocycles. The number of benzene rings is 4. The highest BCUT2D eigenvalue weighted by Crippen LogP contribution is 2.38. The number of nitro benzene ring substituents is 1. The summed E-state index contributed by atoms with van der Waals surface area (Å²) in [7, 11) is 0. The Kier molecular flexibility index (Phi) is 8.45. The zero-order valence-corrected chi connectivity index (χ0v) is 21.9. The molecule has 0 aliphatic rings. The van der Waals surface area contributed by atoms with E-state index in [4.69, 9.17) is 27.9 Å². The van der Waals surface area contributed by atoms with Gasteiger partial charge in [-0.2, -0.15) is 13.2 Å². The van der Waals surface area contributed by atoms with E-state index in [1.54, 1.807) is 0 Å². The number of carbonyl (C=O) groups is 2. The van der Waals surface area contributed by atoms with Gasteiger partial charge in [0.15, 0.2) is 0 Å². The summed E-state index contributed by atoms with van der Waals surface area (Å²) in [5.74, 6) is -5.93. The Labute approximate surface area is 241 Å². The summed E-state index contributed by atoms with van der Waals surface area (Å²) in [6, 6.07) is 9.03. The molecule has 0 atom stereocenters. The maximum Gasteiger partial charge on any atom is 0.423 e. The lowest BCUT2D eigenvalue weighted by Crippen LogP contribution is -2.17. The normalized spacial score (nSPS) is 11.2. The molecule has 0 heterocycles. The van der Waals surface area contributed by atoms with Crippen molar-refractivity contribution in [3.05, 3.63) is 121 Å². The molecule has 42 heavy (non-hydrogen) atoms. The van der Waals surface area contributed by atoms with Crippen LogP contribution in [0.25, 0.3) is 11.1 Å². The molecule has 0 saturated heterocycles. The van der Waals surface area contributed by atoms with Gasteiger partial charge in [0.2, 0.25) is 0 Å². The lowest BCUT2D eigenvalue weighted by Gasteiger charge is -2.15. The first kappa shape index (κ1) is 30.3. The van der Waals surface area contributed by atoms with E-state index >= 15 is 0 Å². The van der Waals surface area contributed by atoms with Crippen molar-refractivity contribution in [1.82, 2.24) is 0 Å². The first-order valence-electron chi connectivity index (χ1n) is 11.3. The van der Waals surface area contributed by atoms with E-state index in [1.165, 1.54) is 6.07 Å². The van der Waals surface area contributed by atoms with E-state index in [-0.39, 0.29) is 16.1 Å². The third kappa shape index (κ3) is 6.47. The second kappa shape index (κ2) is 11.7. The van der Waals surface area contributed by atoms with Crippen molar-refractivity contribution < 1.29 is 45.6 Å². The lowest BCUT2D eigenvalue weighted by atomic mass is 10.0. The number of anilines is 1. The predicted molar refractivity (Wildman–Crippen MR) is 139 cm³/mol. The van der Waals surface area contributed by atoms with Crippen molar-refractivity contribution in [2.75, 3.05) is 5.32 Å². The van der Waals surface area contributed by atoms with Crippen molar-refractivity contribution >= 4 is 46.5 Å². The van der Waals surface area contributed by atoms with Gasteiger partial charge < -0.3 is 10.1 Å². The predicted octanol–water partition coefficient (Wildman–Crippen LogP) is 8.48. The number of halogens is 8. The van der Waals surface area contributed by atoms with E-state index in [0.717, 1.165) is 36.4 Å². The molecule has 0 spiro atoms. The quantitative estimate of drug-likeness (QED) is 0.0576. The highest BCUT2D eigenvalue weighted by atomic mass is 35.5. The fourth-order valence-corrected chi connectivity index (χ4v) is 4.18. The second-order valence-corrected chi connectivity index (χ2v) is 9.23. The van der Waals surface area contributed by atoms with Crippen LogP contribution >= 0.6 is 23.2 Å². The van der Waals surface area contributed by atoms with Crippen LogP contribution in [0.4, 0.5) is 37.7 Å². The van der Waals surface area contributed by atoms with Gasteiger partial charge in [0, 0.05) is 23.4 Å². The third-order valence-corrected chi connectivity index (χ3v) is 6.26. The summed E-state index contributed by atoms with van der Waals surface area (Å²) in [6.07, 6.45) is -5.16. The van der Waals surface area contributed by atoms with Crippen LogP contribution in [0.5, 0.6) is 5.75 Å². The Morgan fingerprint density at radius 3 is 2.19 bits per heavy atom.